The van der Waals surface area contributed by atoms with Gasteiger partial charge in [-0.2, -0.15) is 0 Å². The molecule has 0 spiro atoms. The van der Waals surface area contributed by atoms with Gasteiger partial charge in [-0.1, -0.05) is 32.9 Å². The number of hydrogen-bond donors (Lipinski definition) is 2. The molecule has 1 rings (SSSR count). The Morgan fingerprint density at radius 1 is 1.27 bits per heavy atom. The van der Waals surface area contributed by atoms with Crippen LogP contribution in [0.3, 0.4) is 0 Å². The minimum absolute atomic E-state index is 0. The Morgan fingerprint density at radius 2 is 1.91 bits per heavy atom. The Balaban J connectivity index is 0.00000441. The van der Waals surface area contributed by atoms with E-state index in [2.05, 4.69) is 31.0 Å². The lowest BCUT2D eigenvalue weighted by atomic mass is 10.1. The quantitative estimate of drug-likeness (QED) is 0.731. The van der Waals surface area contributed by atoms with Crippen molar-refractivity contribution in [3.63, 3.8) is 0 Å². The zero-order chi connectivity index (χ0) is 15.7. The van der Waals surface area contributed by atoms with Crippen LogP contribution in [0.2, 0.25) is 0 Å². The van der Waals surface area contributed by atoms with Crippen molar-refractivity contribution < 1.29 is 9.90 Å². The molecule has 0 radical (unpaired) electrons. The van der Waals surface area contributed by atoms with Gasteiger partial charge in [0.1, 0.15) is 5.75 Å². The van der Waals surface area contributed by atoms with Crippen LogP contribution in [0.4, 0.5) is 0 Å². The highest BCUT2D eigenvalue weighted by Gasteiger charge is 2.11. The van der Waals surface area contributed by atoms with E-state index < -0.39 is 0 Å². The van der Waals surface area contributed by atoms with Crippen molar-refractivity contribution in [1.82, 2.24) is 10.2 Å². The van der Waals surface area contributed by atoms with Crippen LogP contribution in [0.1, 0.15) is 44.0 Å². The molecule has 0 aromatic heterocycles. The smallest absolute Gasteiger partial charge is 0.255 e. The fourth-order valence-corrected chi connectivity index (χ4v) is 2.33. The van der Waals surface area contributed by atoms with E-state index in [1.54, 1.807) is 18.2 Å². The molecule has 1 atom stereocenters. The minimum Gasteiger partial charge on any atom is -0.507 e. The number of halogens is 1. The third-order valence-corrected chi connectivity index (χ3v) is 3.83. The first-order chi connectivity index (χ1) is 10.1. The van der Waals surface area contributed by atoms with Crippen molar-refractivity contribution >= 4 is 18.3 Å². The van der Waals surface area contributed by atoms with Crippen molar-refractivity contribution in [2.75, 3.05) is 26.2 Å². The fourth-order valence-electron chi connectivity index (χ4n) is 2.33. The molecule has 2 N–H and O–H groups in total. The van der Waals surface area contributed by atoms with E-state index in [1.165, 1.54) is 6.07 Å². The lowest BCUT2D eigenvalue weighted by Gasteiger charge is -2.19. The fraction of sp³-hybridized carbons (Fsp3) is 0.588. The highest BCUT2D eigenvalue weighted by molar-refractivity contribution is 5.96. The summed E-state index contributed by atoms with van der Waals surface area (Å²) < 4.78 is 0. The summed E-state index contributed by atoms with van der Waals surface area (Å²) in [4.78, 5) is 14.4. The third-order valence-electron chi connectivity index (χ3n) is 3.83. The highest BCUT2D eigenvalue weighted by atomic mass is 35.5. The van der Waals surface area contributed by atoms with Crippen molar-refractivity contribution in [3.05, 3.63) is 29.8 Å². The zero-order valence-corrected chi connectivity index (χ0v) is 14.7. The number of hydrogen-bond acceptors (Lipinski definition) is 3. The van der Waals surface area contributed by atoms with Crippen LogP contribution in [0.25, 0.3) is 0 Å². The second-order valence-corrected chi connectivity index (χ2v) is 5.50. The maximum atomic E-state index is 12.0. The molecule has 0 aliphatic carbocycles. The predicted octanol–water partition coefficient (Wildman–Crippen LogP) is 3.30. The molecule has 22 heavy (non-hydrogen) atoms. The SMILES string of the molecule is CCN(CC)CCCC(C)CNC(=O)c1ccccc1O.Cl. The minimum atomic E-state index is -0.205. The topological polar surface area (TPSA) is 52.6 Å². The van der Waals surface area contributed by atoms with Gasteiger partial charge >= 0.3 is 0 Å². The van der Waals surface area contributed by atoms with Crippen LogP contribution in [0.5, 0.6) is 5.75 Å². The van der Waals surface area contributed by atoms with Crippen molar-refractivity contribution in [2.24, 2.45) is 5.92 Å². The highest BCUT2D eigenvalue weighted by Crippen LogP contribution is 2.15. The standard InChI is InChI=1S/C17H28N2O2.ClH/c1-4-19(5-2)12-8-9-14(3)13-18-17(21)15-10-6-7-11-16(15)20;/h6-7,10-11,14,20H,4-5,8-9,12-13H2,1-3H3,(H,18,21);1H. The number of para-hydroxylation sites is 1. The van der Waals surface area contributed by atoms with E-state index >= 15 is 0 Å². The first kappa shape index (κ1) is 20.7. The average molecular weight is 329 g/mol. The van der Waals surface area contributed by atoms with Crippen molar-refractivity contribution in [3.8, 4) is 5.75 Å². The normalized spacial score (nSPS) is 11.8. The Labute approximate surface area is 140 Å². The van der Waals surface area contributed by atoms with Crippen LogP contribution in [-0.4, -0.2) is 42.1 Å². The second-order valence-electron chi connectivity index (χ2n) is 5.50. The van der Waals surface area contributed by atoms with Gasteiger partial charge in [-0.3, -0.25) is 4.79 Å². The maximum absolute atomic E-state index is 12.0. The summed E-state index contributed by atoms with van der Waals surface area (Å²) in [6, 6.07) is 6.63. The molecule has 1 unspecified atom stereocenters. The van der Waals surface area contributed by atoms with Crippen LogP contribution < -0.4 is 5.32 Å². The Morgan fingerprint density at radius 3 is 2.50 bits per heavy atom. The summed E-state index contributed by atoms with van der Waals surface area (Å²) in [5.74, 6) is 0.267. The zero-order valence-electron chi connectivity index (χ0n) is 13.8. The number of nitrogens with one attached hydrogen (secondary N) is 1. The van der Waals surface area contributed by atoms with E-state index in [-0.39, 0.29) is 24.1 Å². The van der Waals surface area contributed by atoms with Gasteiger partial charge in [0, 0.05) is 6.54 Å². The number of aromatic hydroxyl groups is 1. The van der Waals surface area contributed by atoms with Gasteiger partial charge in [0.25, 0.3) is 5.91 Å². The molecule has 0 heterocycles. The molecule has 0 aliphatic heterocycles. The molecule has 1 aromatic carbocycles. The monoisotopic (exact) mass is 328 g/mol. The van der Waals surface area contributed by atoms with Crippen LogP contribution in [0, 0.1) is 5.92 Å². The van der Waals surface area contributed by atoms with Gasteiger partial charge < -0.3 is 15.3 Å². The molecular weight excluding hydrogens is 300 g/mol. The maximum Gasteiger partial charge on any atom is 0.255 e. The van der Waals surface area contributed by atoms with E-state index in [4.69, 9.17) is 0 Å². The van der Waals surface area contributed by atoms with Gasteiger partial charge in [-0.25, -0.2) is 0 Å². The summed E-state index contributed by atoms with van der Waals surface area (Å²) in [6.07, 6.45) is 2.24. The van der Waals surface area contributed by atoms with Gasteiger partial charge in [0.2, 0.25) is 0 Å². The first-order valence-electron chi connectivity index (χ1n) is 7.87. The van der Waals surface area contributed by atoms with E-state index in [0.717, 1.165) is 32.5 Å². The number of nitrogens with zero attached hydrogens (tertiary/aromatic N) is 1. The molecule has 1 amide bonds. The van der Waals surface area contributed by atoms with E-state index in [9.17, 15) is 9.90 Å². The number of phenolic OH excluding ortho intramolecular Hbond substituents is 1. The Bertz CT molecular complexity index is 436. The molecule has 5 heteroatoms. The first-order valence-corrected chi connectivity index (χ1v) is 7.87. The number of phenols is 1. The van der Waals surface area contributed by atoms with Gasteiger partial charge in [-0.15, -0.1) is 12.4 Å². The van der Waals surface area contributed by atoms with E-state index in [0.29, 0.717) is 18.0 Å². The molecule has 1 aromatic rings. The van der Waals surface area contributed by atoms with Crippen LogP contribution in [-0.2, 0) is 0 Å². The Hall–Kier alpha value is -1.26. The summed E-state index contributed by atoms with van der Waals surface area (Å²) in [7, 11) is 0. The molecule has 4 nitrogen and oxygen atoms in total. The number of rotatable bonds is 9. The number of amides is 1. The summed E-state index contributed by atoms with van der Waals surface area (Å²) in [5, 5.41) is 12.5. The molecule has 0 aliphatic rings. The van der Waals surface area contributed by atoms with Crippen molar-refractivity contribution in [1.29, 1.82) is 0 Å². The molecule has 0 saturated heterocycles. The average Bonchev–Trinajstić information content (AvgIpc) is 2.49. The van der Waals surface area contributed by atoms with Crippen LogP contribution in [0.15, 0.2) is 24.3 Å². The largest absolute Gasteiger partial charge is 0.507 e. The molecule has 0 fully saturated rings. The molecular formula is C17H29ClN2O2. The lowest BCUT2D eigenvalue weighted by Crippen LogP contribution is -2.29. The molecule has 0 saturated carbocycles. The van der Waals surface area contributed by atoms with Crippen molar-refractivity contribution in [2.45, 2.75) is 33.6 Å². The summed E-state index contributed by atoms with van der Waals surface area (Å²) in [6.45, 7) is 10.5. The second kappa shape index (κ2) is 11.3. The number of benzene rings is 1. The van der Waals surface area contributed by atoms with Gasteiger partial charge in [0.05, 0.1) is 5.56 Å². The molecule has 0 bridgehead atoms. The summed E-state index contributed by atoms with van der Waals surface area (Å²) in [5.41, 5.74) is 0.341. The number of carbonyl (C=O) groups is 1. The number of carbonyl (C=O) groups excluding carboxylic acids is 1. The van der Waals surface area contributed by atoms with Gasteiger partial charge in [-0.05, 0) is 50.5 Å². The lowest BCUT2D eigenvalue weighted by molar-refractivity contribution is 0.0944. The molecule has 126 valence electrons. The van der Waals surface area contributed by atoms with Crippen LogP contribution >= 0.6 is 12.4 Å². The summed E-state index contributed by atoms with van der Waals surface area (Å²) >= 11 is 0. The Kier molecular flexibility index (Phi) is 10.7. The van der Waals surface area contributed by atoms with E-state index in [1.807, 2.05) is 0 Å². The predicted molar refractivity (Wildman–Crippen MR) is 93.9 cm³/mol. The van der Waals surface area contributed by atoms with Gasteiger partial charge in [0.15, 0.2) is 0 Å². The third kappa shape index (κ3) is 7.14.